The number of rotatable bonds is 5. The first-order valence-corrected chi connectivity index (χ1v) is 5.62. The third-order valence-electron chi connectivity index (χ3n) is 2.23. The van der Waals surface area contributed by atoms with Crippen molar-refractivity contribution in [1.29, 1.82) is 0 Å². The monoisotopic (exact) mass is 222 g/mol. The first kappa shape index (κ1) is 12.6. The van der Waals surface area contributed by atoms with Gasteiger partial charge in [0.1, 0.15) is 5.82 Å². The zero-order valence-electron chi connectivity index (χ0n) is 10.0. The smallest absolute Gasteiger partial charge is 0.339 e. The number of aryl methyl sites for hydroxylation is 1. The van der Waals surface area contributed by atoms with Crippen molar-refractivity contribution in [2.75, 3.05) is 0 Å². The van der Waals surface area contributed by atoms with Crippen LogP contribution in [0.25, 0.3) is 0 Å². The van der Waals surface area contributed by atoms with Gasteiger partial charge in [0.05, 0.1) is 11.3 Å². The quantitative estimate of drug-likeness (QED) is 0.830. The molecular formula is C12H18N2O2. The Labute approximate surface area is 95.7 Å². The summed E-state index contributed by atoms with van der Waals surface area (Å²) in [6.45, 7) is 6.19. The van der Waals surface area contributed by atoms with E-state index in [1.54, 1.807) is 0 Å². The fourth-order valence-electron chi connectivity index (χ4n) is 1.53. The average Bonchev–Trinajstić information content (AvgIpc) is 2.17. The Morgan fingerprint density at radius 3 is 2.69 bits per heavy atom. The molecule has 0 fully saturated rings. The van der Waals surface area contributed by atoms with E-state index in [1.165, 1.54) is 6.20 Å². The van der Waals surface area contributed by atoms with Crippen LogP contribution in [0.4, 0.5) is 0 Å². The van der Waals surface area contributed by atoms with Gasteiger partial charge in [0, 0.05) is 12.6 Å². The summed E-state index contributed by atoms with van der Waals surface area (Å²) in [5.74, 6) is 0.271. The summed E-state index contributed by atoms with van der Waals surface area (Å²) < 4.78 is 0. The summed E-state index contributed by atoms with van der Waals surface area (Å²) in [4.78, 5) is 19.4. The lowest BCUT2D eigenvalue weighted by Crippen LogP contribution is -2.10. The molecule has 0 bridgehead atoms. The third kappa shape index (κ3) is 3.29. The topological polar surface area (TPSA) is 63.1 Å². The molecule has 0 atom stereocenters. The molecule has 1 aromatic rings. The summed E-state index contributed by atoms with van der Waals surface area (Å²) in [7, 11) is 0. The van der Waals surface area contributed by atoms with Crippen LogP contribution in [-0.4, -0.2) is 21.0 Å². The molecule has 1 N–H and O–H groups in total. The Morgan fingerprint density at radius 2 is 2.19 bits per heavy atom. The zero-order chi connectivity index (χ0) is 12.1. The van der Waals surface area contributed by atoms with E-state index < -0.39 is 5.97 Å². The Kier molecular flexibility index (Phi) is 4.40. The van der Waals surface area contributed by atoms with Gasteiger partial charge >= 0.3 is 5.97 Å². The lowest BCUT2D eigenvalue weighted by Gasteiger charge is -2.07. The molecule has 1 rings (SSSR count). The number of carboxylic acids is 1. The lowest BCUT2D eigenvalue weighted by molar-refractivity contribution is 0.0694. The first-order chi connectivity index (χ1) is 7.54. The Balaban J connectivity index is 3.02. The Hall–Kier alpha value is -1.45. The van der Waals surface area contributed by atoms with Gasteiger partial charge in [0.2, 0.25) is 0 Å². The van der Waals surface area contributed by atoms with Gasteiger partial charge in [0.15, 0.2) is 0 Å². The highest BCUT2D eigenvalue weighted by Crippen LogP contribution is 2.10. The molecule has 88 valence electrons. The maximum atomic E-state index is 11.0. The molecule has 0 aliphatic rings. The first-order valence-electron chi connectivity index (χ1n) is 5.62. The predicted molar refractivity (Wildman–Crippen MR) is 61.5 cm³/mol. The van der Waals surface area contributed by atoms with Crippen LogP contribution in [0.3, 0.4) is 0 Å². The second-order valence-corrected chi connectivity index (χ2v) is 4.30. The molecule has 0 saturated heterocycles. The van der Waals surface area contributed by atoms with E-state index in [1.807, 2.05) is 6.92 Å². The Morgan fingerprint density at radius 1 is 1.50 bits per heavy atom. The van der Waals surface area contributed by atoms with Crippen molar-refractivity contribution in [3.63, 3.8) is 0 Å². The number of hydrogen-bond acceptors (Lipinski definition) is 3. The van der Waals surface area contributed by atoms with Gasteiger partial charge in [0.25, 0.3) is 0 Å². The molecule has 0 spiro atoms. The third-order valence-corrected chi connectivity index (χ3v) is 2.23. The van der Waals surface area contributed by atoms with Crippen LogP contribution in [0.1, 0.15) is 49.1 Å². The van der Waals surface area contributed by atoms with Gasteiger partial charge < -0.3 is 5.11 Å². The molecule has 1 heterocycles. The lowest BCUT2D eigenvalue weighted by atomic mass is 10.1. The van der Waals surface area contributed by atoms with Crippen LogP contribution < -0.4 is 0 Å². The molecule has 16 heavy (non-hydrogen) atoms. The molecule has 0 aromatic carbocycles. The van der Waals surface area contributed by atoms with E-state index >= 15 is 0 Å². The van der Waals surface area contributed by atoms with Gasteiger partial charge in [-0.1, -0.05) is 27.2 Å². The molecule has 0 amide bonds. The van der Waals surface area contributed by atoms with Crippen molar-refractivity contribution in [2.24, 2.45) is 5.92 Å². The molecule has 0 aliphatic heterocycles. The van der Waals surface area contributed by atoms with Crippen molar-refractivity contribution in [3.8, 4) is 0 Å². The zero-order valence-corrected chi connectivity index (χ0v) is 10.0. The molecule has 4 nitrogen and oxygen atoms in total. The largest absolute Gasteiger partial charge is 0.478 e. The van der Waals surface area contributed by atoms with Crippen molar-refractivity contribution < 1.29 is 9.90 Å². The maximum Gasteiger partial charge on any atom is 0.339 e. The van der Waals surface area contributed by atoms with Gasteiger partial charge in [-0.3, -0.25) is 0 Å². The molecule has 0 unspecified atom stereocenters. The highest BCUT2D eigenvalue weighted by atomic mass is 16.4. The average molecular weight is 222 g/mol. The summed E-state index contributed by atoms with van der Waals surface area (Å²) in [5.41, 5.74) is 0.884. The molecule has 4 heteroatoms. The standard InChI is InChI=1S/C12H18N2O2/c1-4-5-10-9(12(15)16)7-13-11(14-10)6-8(2)3/h7-8H,4-6H2,1-3H3,(H,15,16). The number of hydrogen-bond donors (Lipinski definition) is 1. The van der Waals surface area contributed by atoms with Gasteiger partial charge in [-0.05, 0) is 12.3 Å². The normalized spacial score (nSPS) is 10.8. The summed E-state index contributed by atoms with van der Waals surface area (Å²) in [5, 5.41) is 8.99. The summed E-state index contributed by atoms with van der Waals surface area (Å²) in [6, 6.07) is 0. The van der Waals surface area contributed by atoms with Crippen LogP contribution in [0.15, 0.2) is 6.20 Å². The van der Waals surface area contributed by atoms with E-state index in [-0.39, 0.29) is 5.56 Å². The fraction of sp³-hybridized carbons (Fsp3) is 0.583. The molecule has 0 aliphatic carbocycles. The minimum absolute atomic E-state index is 0.231. The number of carbonyl (C=O) groups is 1. The van der Waals surface area contributed by atoms with E-state index in [0.29, 0.717) is 18.0 Å². The van der Waals surface area contributed by atoms with Crippen molar-refractivity contribution in [3.05, 3.63) is 23.3 Å². The van der Waals surface area contributed by atoms with Crippen LogP contribution in [-0.2, 0) is 12.8 Å². The van der Waals surface area contributed by atoms with Crippen LogP contribution >= 0.6 is 0 Å². The van der Waals surface area contributed by atoms with Gasteiger partial charge in [-0.15, -0.1) is 0 Å². The number of aromatic nitrogens is 2. The molecule has 0 radical (unpaired) electrons. The van der Waals surface area contributed by atoms with E-state index in [4.69, 9.17) is 5.11 Å². The molecule has 0 saturated carbocycles. The van der Waals surface area contributed by atoms with Gasteiger partial charge in [-0.2, -0.15) is 0 Å². The SMILES string of the molecule is CCCc1nc(CC(C)C)ncc1C(=O)O. The van der Waals surface area contributed by atoms with Crippen LogP contribution in [0.2, 0.25) is 0 Å². The highest BCUT2D eigenvalue weighted by molar-refractivity contribution is 5.88. The molecule has 1 aromatic heterocycles. The molecular weight excluding hydrogens is 204 g/mol. The summed E-state index contributed by atoms with van der Waals surface area (Å²) in [6.07, 6.45) is 3.79. The fourth-order valence-corrected chi connectivity index (χ4v) is 1.53. The highest BCUT2D eigenvalue weighted by Gasteiger charge is 2.13. The van der Waals surface area contributed by atoms with E-state index in [2.05, 4.69) is 23.8 Å². The second kappa shape index (κ2) is 5.58. The van der Waals surface area contributed by atoms with E-state index in [9.17, 15) is 4.79 Å². The Bertz CT molecular complexity index is 375. The van der Waals surface area contributed by atoms with Crippen molar-refractivity contribution in [2.45, 2.75) is 40.0 Å². The van der Waals surface area contributed by atoms with Crippen molar-refractivity contribution >= 4 is 5.97 Å². The van der Waals surface area contributed by atoms with Crippen LogP contribution in [0, 0.1) is 5.92 Å². The summed E-state index contributed by atoms with van der Waals surface area (Å²) >= 11 is 0. The minimum atomic E-state index is -0.945. The van der Waals surface area contributed by atoms with Gasteiger partial charge in [-0.25, -0.2) is 14.8 Å². The maximum absolute atomic E-state index is 11.0. The second-order valence-electron chi connectivity index (χ2n) is 4.30. The van der Waals surface area contributed by atoms with E-state index in [0.717, 1.165) is 18.7 Å². The number of nitrogens with zero attached hydrogens (tertiary/aromatic N) is 2. The predicted octanol–water partition coefficient (Wildman–Crippen LogP) is 2.33. The van der Waals surface area contributed by atoms with Crippen molar-refractivity contribution in [1.82, 2.24) is 9.97 Å². The number of aromatic carboxylic acids is 1. The minimum Gasteiger partial charge on any atom is -0.478 e. The van der Waals surface area contributed by atoms with Crippen LogP contribution in [0.5, 0.6) is 0 Å². The number of carboxylic acid groups (broad SMARTS) is 1.